The maximum atomic E-state index is 2.57. The van der Waals surface area contributed by atoms with Gasteiger partial charge in [0.25, 0.3) is 0 Å². The monoisotopic (exact) mass is 798 g/mol. The van der Waals surface area contributed by atoms with Gasteiger partial charge in [-0.2, -0.15) is 0 Å². The molecule has 4 heterocycles. The zero-order chi connectivity index (χ0) is 28.4. The average molecular weight is 799 g/mol. The molecule has 218 valence electrons. The minimum atomic E-state index is 0.589. The molecule has 4 aliphatic heterocycles. The third-order valence-corrected chi connectivity index (χ3v) is 26.5. The molecule has 0 saturated heterocycles. The van der Waals surface area contributed by atoms with Crippen molar-refractivity contribution in [1.29, 1.82) is 0 Å². The van der Waals surface area contributed by atoms with E-state index >= 15 is 0 Å². The molecule has 4 unspecified atom stereocenters. The molecule has 0 nitrogen and oxygen atoms in total. The fraction of sp³-hybridized carbons (Fsp3) is 0.407. The highest BCUT2D eigenvalue weighted by atomic mass is 32.3. The minimum absolute atomic E-state index is 0.589. The van der Waals surface area contributed by atoms with Gasteiger partial charge >= 0.3 is 0 Å². The highest BCUT2D eigenvalue weighted by Gasteiger charge is 2.56. The Kier molecular flexibility index (Phi) is 10.9. The molecule has 14 heteroatoms. The maximum Gasteiger partial charge on any atom is 0.0717 e. The number of hydrogen-bond donors (Lipinski definition) is 0. The van der Waals surface area contributed by atoms with Gasteiger partial charge in [-0.25, -0.2) is 0 Å². The van der Waals surface area contributed by atoms with Crippen molar-refractivity contribution in [2.45, 2.75) is 6.42 Å². The molecule has 2 bridgehead atoms. The zero-order valence-corrected chi connectivity index (χ0v) is 34.3. The Morgan fingerprint density at radius 2 is 0.732 bits per heavy atom. The molecule has 0 spiro atoms. The molecule has 0 amide bonds. The van der Waals surface area contributed by atoms with E-state index in [9.17, 15) is 0 Å². The van der Waals surface area contributed by atoms with Crippen molar-refractivity contribution in [3.63, 3.8) is 0 Å². The number of hydrogen-bond acceptors (Lipinski definition) is 14. The third kappa shape index (κ3) is 5.71. The summed E-state index contributed by atoms with van der Waals surface area (Å²) in [7, 11) is 0. The molecule has 1 saturated carbocycles. The van der Waals surface area contributed by atoms with Crippen molar-refractivity contribution in [2.24, 2.45) is 23.7 Å². The average Bonchev–Trinajstić information content (AvgIpc) is 3.84. The van der Waals surface area contributed by atoms with Crippen molar-refractivity contribution in [2.75, 3.05) is 37.5 Å². The standard InChI is InChI=1S/C27H26S14/c1-28-20-21(29-2)37-18(36-20)14-12-10-7-8-11(9-10)13(12)15(19-38-22(30-3)23(31-4)39-19)17-16(14)34-26(35-17)27-40-24(32-5)25(33-6)41-27/h7-8,10-13H,9H2,1-6H3. The SMILES string of the molecule is CSC1=C(SC)SC(=C2SC3=C(S2)C(=C2SC(SC)=C(SC)S2)C2C4C=CC(C4)C2C3=C2SC(SC)=C(SC)S2)S1. The predicted molar refractivity (Wildman–Crippen MR) is 219 cm³/mol. The van der Waals surface area contributed by atoms with Gasteiger partial charge in [-0.05, 0) is 66.9 Å². The first-order valence-corrected chi connectivity index (χ1v) is 26.5. The summed E-state index contributed by atoms with van der Waals surface area (Å²) >= 11 is 27.9. The summed E-state index contributed by atoms with van der Waals surface area (Å²) in [4.78, 5) is 3.16. The lowest BCUT2D eigenvalue weighted by atomic mass is 9.71. The fourth-order valence-corrected chi connectivity index (χ4v) is 24.8. The molecule has 0 radical (unpaired) electrons. The summed E-state index contributed by atoms with van der Waals surface area (Å²) in [6.07, 6.45) is 19.9. The summed E-state index contributed by atoms with van der Waals surface area (Å²) in [5.41, 5.74) is 3.36. The summed E-state index contributed by atoms with van der Waals surface area (Å²) in [6.45, 7) is 0. The normalized spacial score (nSPS) is 31.1. The van der Waals surface area contributed by atoms with Crippen LogP contribution >= 0.6 is 165 Å². The van der Waals surface area contributed by atoms with Crippen LogP contribution < -0.4 is 0 Å². The Morgan fingerprint density at radius 1 is 0.439 bits per heavy atom. The van der Waals surface area contributed by atoms with Crippen LogP contribution in [0.2, 0.25) is 0 Å². The van der Waals surface area contributed by atoms with Gasteiger partial charge in [0.15, 0.2) is 0 Å². The number of allylic oxidation sites excluding steroid dienone is 4. The van der Waals surface area contributed by atoms with Gasteiger partial charge in [0.05, 0.1) is 42.4 Å². The Bertz CT molecular complexity index is 1320. The van der Waals surface area contributed by atoms with Gasteiger partial charge in [0.1, 0.15) is 0 Å². The van der Waals surface area contributed by atoms with Crippen LogP contribution in [0.4, 0.5) is 0 Å². The van der Waals surface area contributed by atoms with Crippen molar-refractivity contribution >= 4 is 165 Å². The van der Waals surface area contributed by atoms with Crippen molar-refractivity contribution in [3.05, 3.63) is 75.5 Å². The lowest BCUT2D eigenvalue weighted by Crippen LogP contribution is -2.29. The molecular formula is C27H26S14. The second kappa shape index (κ2) is 13.7. The largest absolute Gasteiger partial charge is 0.121 e. The summed E-state index contributed by atoms with van der Waals surface area (Å²) in [5, 5.41) is 0. The number of fused-ring (bicyclic) bond motifs is 5. The summed E-state index contributed by atoms with van der Waals surface area (Å²) < 4.78 is 15.0. The zero-order valence-electron chi connectivity index (χ0n) is 22.9. The summed E-state index contributed by atoms with van der Waals surface area (Å²) in [6, 6.07) is 0. The molecule has 4 atom stereocenters. The first kappa shape index (κ1) is 32.4. The molecule has 0 aromatic rings. The predicted octanol–water partition coefficient (Wildman–Crippen LogP) is 13.7. The molecule has 0 aromatic carbocycles. The van der Waals surface area contributed by atoms with Crippen molar-refractivity contribution in [1.82, 2.24) is 0 Å². The van der Waals surface area contributed by atoms with E-state index in [1.54, 1.807) is 29.4 Å². The van der Waals surface area contributed by atoms with Gasteiger partial charge in [0.2, 0.25) is 0 Å². The van der Waals surface area contributed by atoms with Crippen LogP contribution in [0.1, 0.15) is 6.42 Å². The molecular weight excluding hydrogens is 773 g/mol. The van der Waals surface area contributed by atoms with E-state index in [1.165, 1.54) is 40.3 Å². The van der Waals surface area contributed by atoms with E-state index < -0.39 is 0 Å². The Morgan fingerprint density at radius 3 is 1.05 bits per heavy atom. The highest BCUT2D eigenvalue weighted by molar-refractivity contribution is 8.43. The van der Waals surface area contributed by atoms with Crippen LogP contribution in [0.5, 0.6) is 0 Å². The van der Waals surface area contributed by atoms with Gasteiger partial charge in [-0.15, -0.1) is 70.6 Å². The van der Waals surface area contributed by atoms with Gasteiger partial charge in [-0.3, -0.25) is 0 Å². The smallest absolute Gasteiger partial charge is 0.0717 e. The lowest BCUT2D eigenvalue weighted by molar-refractivity contribution is 0.410. The van der Waals surface area contributed by atoms with E-state index in [0.717, 1.165) is 0 Å². The van der Waals surface area contributed by atoms with Crippen LogP contribution in [0.25, 0.3) is 0 Å². The second-order valence-corrected chi connectivity index (χ2v) is 25.0. The van der Waals surface area contributed by atoms with Crippen molar-refractivity contribution < 1.29 is 0 Å². The van der Waals surface area contributed by atoms with E-state index in [2.05, 4.69) is 120 Å². The molecule has 7 aliphatic rings. The van der Waals surface area contributed by atoms with Gasteiger partial charge in [-0.1, -0.05) is 106 Å². The van der Waals surface area contributed by atoms with Crippen LogP contribution in [-0.4, -0.2) is 37.5 Å². The molecule has 7 rings (SSSR count). The fourth-order valence-electron chi connectivity index (χ4n) is 5.98. The van der Waals surface area contributed by atoms with Crippen LogP contribution in [0.15, 0.2) is 75.5 Å². The Labute approximate surface area is 303 Å². The summed E-state index contributed by atoms with van der Waals surface area (Å²) in [5.74, 6) is 2.49. The molecule has 3 aliphatic carbocycles. The van der Waals surface area contributed by atoms with Crippen LogP contribution in [0, 0.1) is 23.7 Å². The quantitative estimate of drug-likeness (QED) is 0.234. The van der Waals surface area contributed by atoms with E-state index in [-0.39, 0.29) is 0 Å². The van der Waals surface area contributed by atoms with Crippen LogP contribution in [0.3, 0.4) is 0 Å². The van der Waals surface area contributed by atoms with Crippen LogP contribution in [-0.2, 0) is 0 Å². The van der Waals surface area contributed by atoms with E-state index in [0.29, 0.717) is 23.7 Å². The second-order valence-electron chi connectivity index (χ2n) is 9.40. The molecule has 0 N–H and O–H groups in total. The molecule has 0 aromatic heterocycles. The highest BCUT2D eigenvalue weighted by Crippen LogP contribution is 2.74. The Balaban J connectivity index is 1.39. The lowest BCUT2D eigenvalue weighted by Gasteiger charge is -2.38. The molecule has 1 fully saturated rings. The third-order valence-electron chi connectivity index (χ3n) is 7.54. The minimum Gasteiger partial charge on any atom is -0.121 e. The Hall–Kier alpha value is 2.82. The topological polar surface area (TPSA) is 0 Å². The molecule has 41 heavy (non-hydrogen) atoms. The first-order chi connectivity index (χ1) is 20.0. The van der Waals surface area contributed by atoms with Crippen molar-refractivity contribution in [3.8, 4) is 0 Å². The van der Waals surface area contributed by atoms with Gasteiger partial charge < -0.3 is 0 Å². The number of rotatable bonds is 6. The van der Waals surface area contributed by atoms with E-state index in [1.807, 2.05) is 94.1 Å². The van der Waals surface area contributed by atoms with Gasteiger partial charge in [0, 0.05) is 21.6 Å². The number of thioether (sulfide) groups is 14. The maximum absolute atomic E-state index is 2.57. The first-order valence-electron chi connectivity index (χ1n) is 12.6. The van der Waals surface area contributed by atoms with E-state index in [4.69, 9.17) is 0 Å².